The topological polar surface area (TPSA) is 46.6 Å². The highest BCUT2D eigenvalue weighted by Gasteiger charge is 2.34. The third-order valence-corrected chi connectivity index (χ3v) is 4.57. The van der Waals surface area contributed by atoms with Crippen molar-refractivity contribution in [3.8, 4) is 0 Å². The normalized spacial score (nSPS) is 17.7. The molecule has 4 heteroatoms. The minimum absolute atomic E-state index is 0.117. The Hall–Kier alpha value is -1.06. The fraction of sp³-hybridized carbons (Fsp3) is 0.895. The molecule has 4 nitrogen and oxygen atoms in total. The Labute approximate surface area is 141 Å². The monoisotopic (exact) mass is 325 g/mol. The second kappa shape index (κ2) is 12.4. The molecule has 0 saturated carbocycles. The van der Waals surface area contributed by atoms with Crippen LogP contribution < -0.4 is 0 Å². The molecule has 0 spiro atoms. The van der Waals surface area contributed by atoms with Crippen LogP contribution in [-0.2, 0) is 14.3 Å². The van der Waals surface area contributed by atoms with Crippen LogP contribution >= 0.6 is 0 Å². The van der Waals surface area contributed by atoms with Gasteiger partial charge in [-0.05, 0) is 12.8 Å². The van der Waals surface area contributed by atoms with E-state index in [1.807, 2.05) is 4.90 Å². The van der Waals surface area contributed by atoms with Gasteiger partial charge >= 0.3 is 5.97 Å². The molecular weight excluding hydrogens is 290 g/mol. The van der Waals surface area contributed by atoms with Crippen LogP contribution in [0.1, 0.15) is 84.5 Å². The van der Waals surface area contributed by atoms with Crippen LogP contribution in [0.2, 0.25) is 0 Å². The van der Waals surface area contributed by atoms with Gasteiger partial charge in [0.15, 0.2) is 0 Å². The van der Waals surface area contributed by atoms with Crippen molar-refractivity contribution in [2.24, 2.45) is 5.92 Å². The van der Waals surface area contributed by atoms with Gasteiger partial charge in [0.25, 0.3) is 0 Å². The average Bonchev–Trinajstić information content (AvgIpc) is 2.92. The predicted molar refractivity (Wildman–Crippen MR) is 93.2 cm³/mol. The van der Waals surface area contributed by atoms with E-state index in [-0.39, 0.29) is 17.8 Å². The quantitative estimate of drug-likeness (QED) is 0.374. The Morgan fingerprint density at radius 2 is 1.61 bits per heavy atom. The number of carbonyl (C=O) groups excluding carboxylic acids is 2. The number of nitrogens with zero attached hydrogens (tertiary/aromatic N) is 1. The smallest absolute Gasteiger partial charge is 0.311 e. The Morgan fingerprint density at radius 3 is 2.30 bits per heavy atom. The zero-order valence-corrected chi connectivity index (χ0v) is 15.1. The zero-order chi connectivity index (χ0) is 16.9. The van der Waals surface area contributed by atoms with Crippen LogP contribution in [0.3, 0.4) is 0 Å². The van der Waals surface area contributed by atoms with E-state index in [1.165, 1.54) is 38.5 Å². The lowest BCUT2D eigenvalue weighted by molar-refractivity contribution is -0.148. The van der Waals surface area contributed by atoms with Gasteiger partial charge in [-0.15, -0.1) is 0 Å². The number of carbonyl (C=O) groups is 2. The predicted octanol–water partition coefficient (Wildman–Crippen LogP) is 4.32. The first-order valence-corrected chi connectivity index (χ1v) is 9.63. The molecule has 0 aliphatic carbocycles. The van der Waals surface area contributed by atoms with Gasteiger partial charge in [0, 0.05) is 19.5 Å². The van der Waals surface area contributed by atoms with Gasteiger partial charge in [0.1, 0.15) is 0 Å². The maximum Gasteiger partial charge on any atom is 0.311 e. The molecule has 23 heavy (non-hydrogen) atoms. The molecule has 1 heterocycles. The molecule has 1 fully saturated rings. The highest BCUT2D eigenvalue weighted by molar-refractivity contribution is 5.86. The summed E-state index contributed by atoms with van der Waals surface area (Å²) >= 11 is 0. The molecule has 0 bridgehead atoms. The molecule has 1 saturated heterocycles. The summed E-state index contributed by atoms with van der Waals surface area (Å²) in [5.41, 5.74) is 0. The highest BCUT2D eigenvalue weighted by Crippen LogP contribution is 2.20. The first-order valence-electron chi connectivity index (χ1n) is 9.63. The van der Waals surface area contributed by atoms with Crippen LogP contribution in [0.5, 0.6) is 0 Å². The molecular formula is C19H35NO3. The summed E-state index contributed by atoms with van der Waals surface area (Å²) in [5, 5.41) is 0. The van der Waals surface area contributed by atoms with Gasteiger partial charge < -0.3 is 9.64 Å². The Bertz CT molecular complexity index is 344. The van der Waals surface area contributed by atoms with E-state index in [0.717, 1.165) is 32.2 Å². The van der Waals surface area contributed by atoms with Crippen molar-refractivity contribution in [3.63, 3.8) is 0 Å². The maximum absolute atomic E-state index is 12.0. The molecule has 0 N–H and O–H groups in total. The van der Waals surface area contributed by atoms with Gasteiger partial charge in [-0.3, -0.25) is 9.59 Å². The molecule has 1 amide bonds. The molecule has 1 aliphatic heterocycles. The molecule has 134 valence electrons. The molecule has 0 aromatic heterocycles. The Kier molecular flexibility index (Phi) is 10.8. The first kappa shape index (κ1) is 20.0. The van der Waals surface area contributed by atoms with Gasteiger partial charge in [0.05, 0.1) is 12.5 Å². The average molecular weight is 325 g/mol. The fourth-order valence-electron chi connectivity index (χ4n) is 3.05. The number of ether oxygens (including phenoxy) is 1. The summed E-state index contributed by atoms with van der Waals surface area (Å²) in [5.74, 6) is -0.309. The van der Waals surface area contributed by atoms with Crippen molar-refractivity contribution in [3.05, 3.63) is 0 Å². The zero-order valence-electron chi connectivity index (χ0n) is 15.1. The van der Waals surface area contributed by atoms with Crippen molar-refractivity contribution < 1.29 is 14.3 Å². The minimum atomic E-state index is -0.242. The number of esters is 1. The second-order valence-electron chi connectivity index (χ2n) is 6.74. The van der Waals surface area contributed by atoms with Crippen LogP contribution in [-0.4, -0.2) is 36.5 Å². The van der Waals surface area contributed by atoms with Crippen molar-refractivity contribution in [1.82, 2.24) is 4.90 Å². The van der Waals surface area contributed by atoms with Crippen LogP contribution in [0, 0.1) is 5.92 Å². The van der Waals surface area contributed by atoms with Crippen molar-refractivity contribution in [1.29, 1.82) is 0 Å². The van der Waals surface area contributed by atoms with Gasteiger partial charge in [0.2, 0.25) is 5.91 Å². The van der Waals surface area contributed by atoms with E-state index >= 15 is 0 Å². The summed E-state index contributed by atoms with van der Waals surface area (Å²) in [7, 11) is 0. The number of hydrogen-bond donors (Lipinski definition) is 0. The van der Waals surface area contributed by atoms with Crippen molar-refractivity contribution in [2.75, 3.05) is 19.7 Å². The Balaban J connectivity index is 2.12. The second-order valence-corrected chi connectivity index (χ2v) is 6.74. The van der Waals surface area contributed by atoms with Crippen molar-refractivity contribution >= 4 is 11.9 Å². The van der Waals surface area contributed by atoms with Crippen molar-refractivity contribution in [2.45, 2.75) is 84.5 Å². The van der Waals surface area contributed by atoms with E-state index in [0.29, 0.717) is 19.6 Å². The molecule has 1 unspecified atom stereocenters. The van der Waals surface area contributed by atoms with E-state index in [4.69, 9.17) is 4.74 Å². The summed E-state index contributed by atoms with van der Waals surface area (Å²) in [4.78, 5) is 25.8. The number of hydrogen-bond acceptors (Lipinski definition) is 3. The molecule has 1 rings (SSSR count). The number of rotatable bonds is 13. The highest BCUT2D eigenvalue weighted by atomic mass is 16.5. The van der Waals surface area contributed by atoms with Gasteiger partial charge in [-0.2, -0.15) is 0 Å². The lowest BCUT2D eigenvalue weighted by Crippen LogP contribution is -2.27. The van der Waals surface area contributed by atoms with E-state index in [2.05, 4.69) is 13.8 Å². The van der Waals surface area contributed by atoms with Gasteiger partial charge in [-0.25, -0.2) is 0 Å². The summed E-state index contributed by atoms with van der Waals surface area (Å²) in [6.07, 6.45) is 12.2. The lowest BCUT2D eigenvalue weighted by atomic mass is 10.1. The number of amides is 1. The number of likely N-dealkylation sites (tertiary alicyclic amines) is 1. The summed E-state index contributed by atoms with van der Waals surface area (Å²) < 4.78 is 5.29. The van der Waals surface area contributed by atoms with Gasteiger partial charge in [-0.1, -0.05) is 65.2 Å². The van der Waals surface area contributed by atoms with Crippen LogP contribution in [0.25, 0.3) is 0 Å². The van der Waals surface area contributed by atoms with Crippen LogP contribution in [0.4, 0.5) is 0 Å². The standard InChI is InChI=1S/C19H35NO3/c1-3-5-7-8-9-10-11-13-20-16-17(15-18(20)21)19(22)23-14-12-6-4-2/h17H,3-16H2,1-2H3. The SMILES string of the molecule is CCCCCCCCCN1CC(C(=O)OCCCCC)CC1=O. The minimum Gasteiger partial charge on any atom is -0.465 e. The van der Waals surface area contributed by atoms with E-state index < -0.39 is 0 Å². The third kappa shape index (κ3) is 8.38. The molecule has 0 aromatic carbocycles. The Morgan fingerprint density at radius 1 is 1.00 bits per heavy atom. The third-order valence-electron chi connectivity index (χ3n) is 4.57. The lowest BCUT2D eigenvalue weighted by Gasteiger charge is -2.16. The molecule has 0 aromatic rings. The molecule has 1 aliphatic rings. The molecule has 1 atom stereocenters. The van der Waals surface area contributed by atoms with E-state index in [1.54, 1.807) is 0 Å². The van der Waals surface area contributed by atoms with Crippen LogP contribution in [0.15, 0.2) is 0 Å². The summed E-state index contributed by atoms with van der Waals surface area (Å²) in [6.45, 7) is 6.20. The maximum atomic E-state index is 12.0. The largest absolute Gasteiger partial charge is 0.465 e. The fourth-order valence-corrected chi connectivity index (χ4v) is 3.05. The number of unbranched alkanes of at least 4 members (excludes halogenated alkanes) is 8. The molecule has 0 radical (unpaired) electrons. The van der Waals surface area contributed by atoms with E-state index in [9.17, 15) is 9.59 Å². The first-order chi connectivity index (χ1) is 11.2. The summed E-state index contributed by atoms with van der Waals surface area (Å²) in [6, 6.07) is 0.